The molecule has 2 heterocycles. The number of likely N-dealkylation sites (tertiary alicyclic amines) is 1. The Morgan fingerprint density at radius 1 is 1.00 bits per heavy atom. The molecule has 2 fully saturated rings. The van der Waals surface area contributed by atoms with E-state index in [0.29, 0.717) is 6.04 Å². The van der Waals surface area contributed by atoms with E-state index in [0.717, 1.165) is 12.8 Å². The second-order valence-electron chi connectivity index (χ2n) is 6.37. The first-order valence-corrected chi connectivity index (χ1v) is 6.04. The van der Waals surface area contributed by atoms with Gasteiger partial charge in [0.2, 0.25) is 0 Å². The van der Waals surface area contributed by atoms with Crippen molar-refractivity contribution < 1.29 is 5.21 Å². The Morgan fingerprint density at radius 2 is 1.47 bits per heavy atom. The fraction of sp³-hybridized carbons (Fsp3) is 1.00. The second-order valence-corrected chi connectivity index (χ2v) is 6.37. The van der Waals surface area contributed by atoms with E-state index in [2.05, 4.69) is 32.6 Å². The molecule has 3 heteroatoms. The van der Waals surface area contributed by atoms with Crippen LogP contribution in [0, 0.1) is 0 Å². The molecule has 0 spiro atoms. The molecule has 0 bridgehead atoms. The Bertz CT molecular complexity index is 228. The maximum absolute atomic E-state index is 12.1. The number of hydroxylamine groups is 2. The van der Waals surface area contributed by atoms with Crippen LogP contribution in [0.25, 0.3) is 0 Å². The van der Waals surface area contributed by atoms with Crippen LogP contribution in [-0.4, -0.2) is 40.2 Å². The molecule has 0 aromatic rings. The highest BCUT2D eigenvalue weighted by Gasteiger charge is 2.48. The average molecular weight is 211 g/mol. The monoisotopic (exact) mass is 211 g/mol. The van der Waals surface area contributed by atoms with Gasteiger partial charge < -0.3 is 4.90 Å². The van der Waals surface area contributed by atoms with Gasteiger partial charge >= 0.3 is 0 Å². The third-order valence-electron chi connectivity index (χ3n) is 3.98. The smallest absolute Gasteiger partial charge is 0.0458 e. The SMILES string of the molecule is CC1(C)CC(N2CCC2)CC(C)(C)N1[O]. The molecule has 87 valence electrons. The Morgan fingerprint density at radius 3 is 1.80 bits per heavy atom. The summed E-state index contributed by atoms with van der Waals surface area (Å²) in [6.45, 7) is 10.8. The minimum Gasteiger partial charge on any atom is -0.300 e. The van der Waals surface area contributed by atoms with Crippen LogP contribution in [0.5, 0.6) is 0 Å². The molecule has 0 unspecified atom stereocenters. The summed E-state index contributed by atoms with van der Waals surface area (Å²) in [6.07, 6.45) is 3.36. The summed E-state index contributed by atoms with van der Waals surface area (Å²) in [4.78, 5) is 2.54. The van der Waals surface area contributed by atoms with Crippen LogP contribution in [0.3, 0.4) is 0 Å². The summed E-state index contributed by atoms with van der Waals surface area (Å²) in [5.41, 5.74) is -0.413. The minimum absolute atomic E-state index is 0.206. The second kappa shape index (κ2) is 3.44. The summed E-state index contributed by atoms with van der Waals surface area (Å²) in [7, 11) is 0. The van der Waals surface area contributed by atoms with E-state index < -0.39 is 0 Å². The van der Waals surface area contributed by atoms with Gasteiger partial charge in [0.25, 0.3) is 0 Å². The maximum Gasteiger partial charge on any atom is 0.0458 e. The first-order chi connectivity index (χ1) is 6.83. The molecule has 2 rings (SSSR count). The fourth-order valence-corrected chi connectivity index (χ4v) is 3.17. The van der Waals surface area contributed by atoms with Crippen molar-refractivity contribution in [1.29, 1.82) is 0 Å². The predicted octanol–water partition coefficient (Wildman–Crippen LogP) is 2.06. The van der Waals surface area contributed by atoms with Crippen LogP contribution in [0.15, 0.2) is 0 Å². The zero-order chi connectivity index (χ0) is 11.3. The number of hydrogen-bond donors (Lipinski definition) is 0. The van der Waals surface area contributed by atoms with E-state index in [1.54, 1.807) is 0 Å². The lowest BCUT2D eigenvalue weighted by atomic mass is 9.77. The van der Waals surface area contributed by atoms with Gasteiger partial charge in [-0.15, -0.1) is 10.3 Å². The summed E-state index contributed by atoms with van der Waals surface area (Å²) in [5, 5.41) is 13.5. The van der Waals surface area contributed by atoms with Crippen molar-refractivity contribution in [3.8, 4) is 0 Å². The van der Waals surface area contributed by atoms with Crippen LogP contribution < -0.4 is 0 Å². The molecule has 2 saturated heterocycles. The minimum atomic E-state index is -0.206. The molecule has 0 atom stereocenters. The number of piperidine rings is 1. The standard InChI is InChI=1S/C12H23N2O/c1-11(2)8-10(13-6-5-7-13)9-12(3,4)14(11)15/h10H,5-9H2,1-4H3. The molecule has 0 amide bonds. The highest BCUT2D eigenvalue weighted by atomic mass is 16.5. The van der Waals surface area contributed by atoms with Crippen molar-refractivity contribution in [3.05, 3.63) is 0 Å². The van der Waals surface area contributed by atoms with E-state index >= 15 is 0 Å². The lowest BCUT2D eigenvalue weighted by Gasteiger charge is -2.54. The molecule has 1 radical (unpaired) electrons. The van der Waals surface area contributed by atoms with Crippen molar-refractivity contribution in [1.82, 2.24) is 9.96 Å². The van der Waals surface area contributed by atoms with Crippen molar-refractivity contribution in [2.45, 2.75) is 64.1 Å². The van der Waals surface area contributed by atoms with Crippen LogP contribution >= 0.6 is 0 Å². The van der Waals surface area contributed by atoms with E-state index in [1.807, 2.05) is 0 Å². The molecule has 2 aliphatic heterocycles. The largest absolute Gasteiger partial charge is 0.300 e. The summed E-state index contributed by atoms with van der Waals surface area (Å²) >= 11 is 0. The van der Waals surface area contributed by atoms with Crippen LogP contribution in [0.2, 0.25) is 0 Å². The van der Waals surface area contributed by atoms with Gasteiger partial charge in [-0.1, -0.05) is 0 Å². The van der Waals surface area contributed by atoms with Gasteiger partial charge in [0.15, 0.2) is 0 Å². The Labute approximate surface area is 93.0 Å². The van der Waals surface area contributed by atoms with E-state index in [-0.39, 0.29) is 11.1 Å². The zero-order valence-electron chi connectivity index (χ0n) is 10.4. The van der Waals surface area contributed by atoms with Gasteiger partial charge in [-0.25, -0.2) is 0 Å². The normalized spacial score (nSPS) is 32.6. The van der Waals surface area contributed by atoms with Gasteiger partial charge in [0.05, 0.1) is 0 Å². The quantitative estimate of drug-likeness (QED) is 0.663. The highest BCUT2D eigenvalue weighted by molar-refractivity contribution is 5.00. The van der Waals surface area contributed by atoms with Crippen molar-refractivity contribution >= 4 is 0 Å². The Kier molecular flexibility index (Phi) is 2.61. The third kappa shape index (κ3) is 1.93. The summed E-state index contributed by atoms with van der Waals surface area (Å²) in [6, 6.07) is 0.619. The zero-order valence-corrected chi connectivity index (χ0v) is 10.4. The first kappa shape index (κ1) is 11.4. The molecule has 0 aliphatic carbocycles. The van der Waals surface area contributed by atoms with E-state index in [1.165, 1.54) is 24.6 Å². The van der Waals surface area contributed by atoms with Crippen molar-refractivity contribution in [2.75, 3.05) is 13.1 Å². The molecule has 0 aromatic heterocycles. The average Bonchev–Trinajstić information content (AvgIpc) is 1.95. The number of rotatable bonds is 1. The van der Waals surface area contributed by atoms with Gasteiger partial charge in [0, 0.05) is 17.1 Å². The summed E-state index contributed by atoms with van der Waals surface area (Å²) < 4.78 is 0. The molecular weight excluding hydrogens is 188 g/mol. The predicted molar refractivity (Wildman–Crippen MR) is 59.9 cm³/mol. The molecule has 15 heavy (non-hydrogen) atoms. The molecule has 0 saturated carbocycles. The van der Waals surface area contributed by atoms with Gasteiger partial charge in [-0.2, -0.15) is 0 Å². The van der Waals surface area contributed by atoms with Crippen LogP contribution in [0.4, 0.5) is 0 Å². The van der Waals surface area contributed by atoms with E-state index in [9.17, 15) is 5.21 Å². The topological polar surface area (TPSA) is 26.4 Å². The number of nitrogens with zero attached hydrogens (tertiary/aromatic N) is 2. The van der Waals surface area contributed by atoms with Crippen molar-refractivity contribution in [2.24, 2.45) is 0 Å². The van der Waals surface area contributed by atoms with Gasteiger partial charge in [-0.3, -0.25) is 0 Å². The molecule has 0 aromatic carbocycles. The third-order valence-corrected chi connectivity index (χ3v) is 3.98. The lowest BCUT2D eigenvalue weighted by Crippen LogP contribution is -2.63. The molecular formula is C12H23N2O. The highest BCUT2D eigenvalue weighted by Crippen LogP contribution is 2.39. The van der Waals surface area contributed by atoms with Crippen molar-refractivity contribution in [3.63, 3.8) is 0 Å². The summed E-state index contributed by atoms with van der Waals surface area (Å²) in [5.74, 6) is 0. The Balaban J connectivity index is 2.12. The van der Waals surface area contributed by atoms with Crippen LogP contribution in [-0.2, 0) is 5.21 Å². The van der Waals surface area contributed by atoms with E-state index in [4.69, 9.17) is 0 Å². The van der Waals surface area contributed by atoms with Gasteiger partial charge in [0.1, 0.15) is 0 Å². The molecule has 2 aliphatic rings. The maximum atomic E-state index is 12.1. The Hall–Kier alpha value is -0.120. The lowest BCUT2D eigenvalue weighted by molar-refractivity contribution is -0.295. The molecule has 3 nitrogen and oxygen atoms in total. The fourth-order valence-electron chi connectivity index (χ4n) is 3.17. The van der Waals surface area contributed by atoms with Gasteiger partial charge in [-0.05, 0) is 60.0 Å². The molecule has 0 N–H and O–H groups in total. The van der Waals surface area contributed by atoms with Crippen LogP contribution in [0.1, 0.15) is 47.0 Å². The first-order valence-electron chi connectivity index (χ1n) is 6.04. The number of hydrogen-bond acceptors (Lipinski definition) is 2.